The van der Waals surface area contributed by atoms with Crippen molar-refractivity contribution in [2.24, 2.45) is 0 Å². The van der Waals surface area contributed by atoms with Crippen LogP contribution in [0.25, 0.3) is 10.2 Å². The van der Waals surface area contributed by atoms with Crippen molar-refractivity contribution in [2.45, 2.75) is 26.2 Å². The van der Waals surface area contributed by atoms with Gasteiger partial charge in [-0.3, -0.25) is 10.1 Å². The highest BCUT2D eigenvalue weighted by atomic mass is 32.1. The monoisotopic (exact) mass is 317 g/mol. The van der Waals surface area contributed by atoms with Crippen molar-refractivity contribution in [2.75, 3.05) is 5.32 Å². The molecule has 0 unspecified atom stereocenters. The third kappa shape index (κ3) is 2.96. The van der Waals surface area contributed by atoms with Crippen molar-refractivity contribution >= 4 is 43.9 Å². The molecule has 2 aromatic heterocycles. The van der Waals surface area contributed by atoms with Crippen LogP contribution >= 0.6 is 22.7 Å². The molecule has 0 fully saturated rings. The lowest BCUT2D eigenvalue weighted by Gasteiger charge is -2.13. The number of para-hydroxylation sites is 1. The van der Waals surface area contributed by atoms with Crippen LogP contribution in [0, 0.1) is 0 Å². The first-order valence-corrected chi connectivity index (χ1v) is 8.20. The van der Waals surface area contributed by atoms with Gasteiger partial charge >= 0.3 is 0 Å². The summed E-state index contributed by atoms with van der Waals surface area (Å²) in [5.41, 5.74) is 0.858. The fraction of sp³-hybridized carbons (Fsp3) is 0.267. The SMILES string of the molecule is CC(C)(C)c1ncc(C(=O)Nc2nc3ccccc3s2)s1. The molecular formula is C15H15N3OS2. The molecule has 0 bridgehead atoms. The van der Waals surface area contributed by atoms with Crippen molar-refractivity contribution in [3.05, 3.63) is 40.3 Å². The summed E-state index contributed by atoms with van der Waals surface area (Å²) < 4.78 is 1.06. The Labute approximate surface area is 130 Å². The molecule has 3 rings (SSSR count). The van der Waals surface area contributed by atoms with E-state index < -0.39 is 0 Å². The van der Waals surface area contributed by atoms with Crippen LogP contribution in [0.3, 0.4) is 0 Å². The first-order valence-electron chi connectivity index (χ1n) is 6.57. The van der Waals surface area contributed by atoms with E-state index in [1.54, 1.807) is 6.20 Å². The molecule has 0 saturated carbocycles. The van der Waals surface area contributed by atoms with Crippen LogP contribution in [0.1, 0.15) is 35.5 Å². The van der Waals surface area contributed by atoms with Gasteiger partial charge < -0.3 is 0 Å². The summed E-state index contributed by atoms with van der Waals surface area (Å²) >= 11 is 2.90. The summed E-state index contributed by atoms with van der Waals surface area (Å²) in [5.74, 6) is -0.151. The number of fused-ring (bicyclic) bond motifs is 1. The molecule has 1 aromatic carbocycles. The average Bonchev–Trinajstić information content (AvgIpc) is 3.04. The Kier molecular flexibility index (Phi) is 3.51. The van der Waals surface area contributed by atoms with Crippen LogP contribution in [0.4, 0.5) is 5.13 Å². The molecule has 0 aliphatic heterocycles. The zero-order chi connectivity index (χ0) is 15.0. The van der Waals surface area contributed by atoms with E-state index in [9.17, 15) is 4.79 Å². The molecule has 0 radical (unpaired) electrons. The highest BCUT2D eigenvalue weighted by Crippen LogP contribution is 2.29. The molecule has 2 heterocycles. The lowest BCUT2D eigenvalue weighted by molar-refractivity contribution is 0.103. The predicted octanol–water partition coefficient (Wildman–Crippen LogP) is 4.30. The van der Waals surface area contributed by atoms with E-state index in [0.717, 1.165) is 15.2 Å². The second kappa shape index (κ2) is 5.20. The van der Waals surface area contributed by atoms with E-state index in [4.69, 9.17) is 0 Å². The van der Waals surface area contributed by atoms with Crippen molar-refractivity contribution in [1.82, 2.24) is 9.97 Å². The molecule has 1 amide bonds. The number of aromatic nitrogens is 2. The van der Waals surface area contributed by atoms with Gasteiger partial charge in [-0.25, -0.2) is 9.97 Å². The third-order valence-electron chi connectivity index (χ3n) is 2.89. The van der Waals surface area contributed by atoms with Gasteiger partial charge in [-0.1, -0.05) is 44.2 Å². The number of carbonyl (C=O) groups excluding carboxylic acids is 1. The van der Waals surface area contributed by atoms with Crippen molar-refractivity contribution in [1.29, 1.82) is 0 Å². The number of thiazole rings is 2. The molecule has 21 heavy (non-hydrogen) atoms. The Balaban J connectivity index is 1.81. The molecule has 0 aliphatic rings. The lowest BCUT2D eigenvalue weighted by Crippen LogP contribution is -2.10. The minimum atomic E-state index is -0.151. The van der Waals surface area contributed by atoms with Crippen molar-refractivity contribution < 1.29 is 4.79 Å². The normalized spacial score (nSPS) is 11.8. The Hall–Kier alpha value is -1.79. The fourth-order valence-corrected chi connectivity index (χ4v) is 3.54. The third-order valence-corrected chi connectivity index (χ3v) is 5.26. The molecule has 0 spiro atoms. The van der Waals surface area contributed by atoms with E-state index in [2.05, 4.69) is 36.1 Å². The minimum absolute atomic E-state index is 0.0426. The number of amides is 1. The second-order valence-corrected chi connectivity index (χ2v) is 7.78. The molecule has 4 nitrogen and oxygen atoms in total. The number of hydrogen-bond donors (Lipinski definition) is 1. The van der Waals surface area contributed by atoms with Gasteiger partial charge in [0.15, 0.2) is 5.13 Å². The fourth-order valence-electron chi connectivity index (χ4n) is 1.81. The molecule has 0 saturated heterocycles. The highest BCUT2D eigenvalue weighted by molar-refractivity contribution is 7.22. The van der Waals surface area contributed by atoms with Gasteiger partial charge in [-0.05, 0) is 12.1 Å². The first-order chi connectivity index (χ1) is 9.93. The molecule has 3 aromatic rings. The van der Waals surface area contributed by atoms with Gasteiger partial charge in [-0.15, -0.1) is 11.3 Å². The first kappa shape index (κ1) is 14.2. The Morgan fingerprint density at radius 2 is 1.95 bits per heavy atom. The summed E-state index contributed by atoms with van der Waals surface area (Å²) in [6.45, 7) is 6.25. The number of nitrogens with one attached hydrogen (secondary N) is 1. The zero-order valence-corrected chi connectivity index (χ0v) is 13.6. The minimum Gasteiger partial charge on any atom is -0.297 e. The van der Waals surface area contributed by atoms with E-state index >= 15 is 0 Å². The van der Waals surface area contributed by atoms with Crippen molar-refractivity contribution in [3.63, 3.8) is 0 Å². The van der Waals surface area contributed by atoms with Crippen LogP contribution in [0.15, 0.2) is 30.5 Å². The maximum atomic E-state index is 12.3. The Bertz CT molecular complexity index is 765. The average molecular weight is 317 g/mol. The maximum absolute atomic E-state index is 12.3. The van der Waals surface area contributed by atoms with Crippen LogP contribution in [0.2, 0.25) is 0 Å². The number of benzene rings is 1. The summed E-state index contributed by atoms with van der Waals surface area (Å²) in [7, 11) is 0. The van der Waals surface area contributed by atoms with Crippen LogP contribution in [-0.4, -0.2) is 15.9 Å². The molecule has 1 N–H and O–H groups in total. The van der Waals surface area contributed by atoms with E-state index in [0.29, 0.717) is 10.0 Å². The maximum Gasteiger partial charge on any atom is 0.269 e. The standard InChI is InChI=1S/C15H15N3OS2/c1-15(2,3)13-16-8-11(20-13)12(19)18-14-17-9-6-4-5-7-10(9)21-14/h4-8H,1-3H3,(H,17,18,19). The molecule has 108 valence electrons. The van der Waals surface area contributed by atoms with E-state index in [-0.39, 0.29) is 11.3 Å². The van der Waals surface area contributed by atoms with Gasteiger partial charge in [0.05, 0.1) is 21.4 Å². The van der Waals surface area contributed by atoms with Gasteiger partial charge in [0.25, 0.3) is 5.91 Å². The number of nitrogens with zero attached hydrogens (tertiary/aromatic N) is 2. The summed E-state index contributed by atoms with van der Waals surface area (Å²) in [5, 5.41) is 4.42. The second-order valence-electron chi connectivity index (χ2n) is 5.72. The number of hydrogen-bond acceptors (Lipinski definition) is 5. The number of carbonyl (C=O) groups is 1. The summed E-state index contributed by atoms with van der Waals surface area (Å²) in [4.78, 5) is 21.6. The molecule has 0 atom stereocenters. The van der Waals surface area contributed by atoms with Gasteiger partial charge in [0, 0.05) is 5.41 Å². The Morgan fingerprint density at radius 1 is 1.19 bits per heavy atom. The predicted molar refractivity (Wildman–Crippen MR) is 88.4 cm³/mol. The topological polar surface area (TPSA) is 54.9 Å². The van der Waals surface area contributed by atoms with E-state index in [1.165, 1.54) is 22.7 Å². The molecule has 0 aliphatic carbocycles. The smallest absolute Gasteiger partial charge is 0.269 e. The van der Waals surface area contributed by atoms with Crippen LogP contribution in [0.5, 0.6) is 0 Å². The Morgan fingerprint density at radius 3 is 2.62 bits per heavy atom. The molecular weight excluding hydrogens is 302 g/mol. The van der Waals surface area contributed by atoms with Gasteiger partial charge in [0.2, 0.25) is 0 Å². The quantitative estimate of drug-likeness (QED) is 0.766. The zero-order valence-electron chi connectivity index (χ0n) is 12.0. The van der Waals surface area contributed by atoms with Gasteiger partial charge in [-0.2, -0.15) is 0 Å². The van der Waals surface area contributed by atoms with Crippen LogP contribution in [-0.2, 0) is 5.41 Å². The highest BCUT2D eigenvalue weighted by Gasteiger charge is 2.20. The van der Waals surface area contributed by atoms with Crippen molar-refractivity contribution in [3.8, 4) is 0 Å². The van der Waals surface area contributed by atoms with Crippen LogP contribution < -0.4 is 5.32 Å². The lowest BCUT2D eigenvalue weighted by atomic mass is 9.98. The van der Waals surface area contributed by atoms with Gasteiger partial charge in [0.1, 0.15) is 4.88 Å². The summed E-state index contributed by atoms with van der Waals surface area (Å²) in [6, 6.07) is 7.83. The largest absolute Gasteiger partial charge is 0.297 e. The summed E-state index contributed by atoms with van der Waals surface area (Å²) in [6.07, 6.45) is 1.63. The van der Waals surface area contributed by atoms with E-state index in [1.807, 2.05) is 24.3 Å². The number of rotatable bonds is 2. The number of anilines is 1. The molecule has 6 heteroatoms.